The van der Waals surface area contributed by atoms with Crippen LogP contribution in [0.25, 0.3) is 0 Å². The minimum Gasteiger partial charge on any atom is -0.481 e. The third-order valence-corrected chi connectivity index (χ3v) is 1.90. The molecular formula is C6H13ClNO2+. The molecule has 0 aliphatic heterocycles. The van der Waals surface area contributed by atoms with Gasteiger partial charge in [-0.25, -0.2) is 0 Å². The number of halogens is 1. The van der Waals surface area contributed by atoms with Crippen molar-refractivity contribution in [2.24, 2.45) is 0 Å². The quantitative estimate of drug-likeness (QED) is 0.380. The largest absolute Gasteiger partial charge is 0.481 e. The Kier molecular flexibility index (Phi) is 3.68. The molecule has 0 atom stereocenters. The van der Waals surface area contributed by atoms with E-state index in [4.69, 9.17) is 16.7 Å². The first-order valence-corrected chi connectivity index (χ1v) is 3.61. The van der Waals surface area contributed by atoms with Crippen LogP contribution in [0.4, 0.5) is 0 Å². The fraction of sp³-hybridized carbons (Fsp3) is 0.833. The maximum Gasteiger partial charge on any atom is 0.309 e. The van der Waals surface area contributed by atoms with E-state index in [1.807, 2.05) is 14.1 Å². The molecule has 0 rings (SSSR count). The standard InChI is InChI=1S/C6H12ClNO2/c1-8(2,5-7)4-3-6(9)10/h3-5H2,1-2H3/p+1. The molecule has 0 saturated heterocycles. The second kappa shape index (κ2) is 3.78. The topological polar surface area (TPSA) is 37.3 Å². The number of alkyl halides is 1. The summed E-state index contributed by atoms with van der Waals surface area (Å²) in [6.07, 6.45) is 0.180. The Morgan fingerprint density at radius 2 is 2.10 bits per heavy atom. The average molecular weight is 167 g/mol. The lowest BCUT2D eigenvalue weighted by Gasteiger charge is -2.25. The van der Waals surface area contributed by atoms with Crippen molar-refractivity contribution in [3.63, 3.8) is 0 Å². The maximum absolute atomic E-state index is 10.1. The zero-order valence-corrected chi connectivity index (χ0v) is 7.06. The van der Waals surface area contributed by atoms with Gasteiger partial charge in [-0.05, 0) is 0 Å². The predicted octanol–water partition coefficient (Wildman–Crippen LogP) is 0.734. The van der Waals surface area contributed by atoms with Crippen LogP contribution < -0.4 is 0 Å². The van der Waals surface area contributed by atoms with Crippen molar-refractivity contribution in [3.8, 4) is 0 Å². The van der Waals surface area contributed by atoms with Crippen molar-refractivity contribution < 1.29 is 14.4 Å². The molecule has 0 unspecified atom stereocenters. The molecule has 0 aliphatic rings. The van der Waals surface area contributed by atoms with Gasteiger partial charge in [-0.2, -0.15) is 0 Å². The van der Waals surface area contributed by atoms with Crippen molar-refractivity contribution in [1.82, 2.24) is 0 Å². The van der Waals surface area contributed by atoms with Crippen molar-refractivity contribution in [3.05, 3.63) is 0 Å². The fourth-order valence-electron chi connectivity index (χ4n) is 0.458. The highest BCUT2D eigenvalue weighted by Crippen LogP contribution is 2.00. The monoisotopic (exact) mass is 166 g/mol. The van der Waals surface area contributed by atoms with Crippen LogP contribution in [0.3, 0.4) is 0 Å². The normalized spacial score (nSPS) is 11.5. The molecule has 0 aromatic rings. The van der Waals surface area contributed by atoms with Gasteiger partial charge in [0.05, 0.1) is 27.1 Å². The molecule has 0 aromatic heterocycles. The summed E-state index contributed by atoms with van der Waals surface area (Å²) in [6, 6.07) is 0.452. The molecule has 60 valence electrons. The Hall–Kier alpha value is -0.280. The zero-order valence-electron chi connectivity index (χ0n) is 6.30. The lowest BCUT2D eigenvalue weighted by Crippen LogP contribution is -2.39. The van der Waals surface area contributed by atoms with Gasteiger partial charge in [-0.1, -0.05) is 11.6 Å². The SMILES string of the molecule is C[N+](C)(CCl)CCC(=O)O. The molecule has 0 saturated carbocycles. The van der Waals surface area contributed by atoms with Gasteiger partial charge in [0.25, 0.3) is 0 Å². The highest BCUT2D eigenvalue weighted by Gasteiger charge is 2.14. The van der Waals surface area contributed by atoms with E-state index in [1.165, 1.54) is 0 Å². The molecule has 0 aromatic carbocycles. The van der Waals surface area contributed by atoms with Crippen molar-refractivity contribution in [2.75, 3.05) is 26.6 Å². The Bertz CT molecular complexity index is 125. The lowest BCUT2D eigenvalue weighted by atomic mass is 10.4. The van der Waals surface area contributed by atoms with E-state index >= 15 is 0 Å². The average Bonchev–Trinajstić information content (AvgIpc) is 1.85. The fourth-order valence-corrected chi connectivity index (χ4v) is 0.578. The van der Waals surface area contributed by atoms with Gasteiger partial charge < -0.3 is 9.59 Å². The third-order valence-electron chi connectivity index (χ3n) is 1.25. The van der Waals surface area contributed by atoms with E-state index < -0.39 is 5.97 Å². The number of carboxylic acid groups (broad SMARTS) is 1. The molecule has 1 N–H and O–H groups in total. The van der Waals surface area contributed by atoms with E-state index in [0.29, 0.717) is 17.0 Å². The molecule has 4 heteroatoms. The number of aliphatic carboxylic acids is 1. The van der Waals surface area contributed by atoms with E-state index in [9.17, 15) is 4.79 Å². The van der Waals surface area contributed by atoms with Crippen LogP contribution in [-0.4, -0.2) is 42.2 Å². The molecule has 0 amide bonds. The van der Waals surface area contributed by atoms with Gasteiger partial charge in [0.15, 0.2) is 6.00 Å². The van der Waals surface area contributed by atoms with Crippen LogP contribution in [0, 0.1) is 0 Å². The number of carbonyl (C=O) groups is 1. The number of hydrogen-bond acceptors (Lipinski definition) is 1. The first-order chi connectivity index (χ1) is 4.48. The van der Waals surface area contributed by atoms with E-state index in [2.05, 4.69) is 0 Å². The smallest absolute Gasteiger partial charge is 0.309 e. The first-order valence-electron chi connectivity index (χ1n) is 3.08. The van der Waals surface area contributed by atoms with Crippen LogP contribution in [0.2, 0.25) is 0 Å². The maximum atomic E-state index is 10.1. The third kappa shape index (κ3) is 4.58. The van der Waals surface area contributed by atoms with Crippen molar-refractivity contribution in [1.29, 1.82) is 0 Å². The molecule has 0 fully saturated rings. The molecule has 0 radical (unpaired) electrons. The Morgan fingerprint density at radius 3 is 2.40 bits per heavy atom. The predicted molar refractivity (Wildman–Crippen MR) is 39.9 cm³/mol. The molecule has 10 heavy (non-hydrogen) atoms. The van der Waals surface area contributed by atoms with E-state index in [0.717, 1.165) is 0 Å². The highest BCUT2D eigenvalue weighted by molar-refractivity contribution is 6.16. The van der Waals surface area contributed by atoms with E-state index in [-0.39, 0.29) is 6.42 Å². The minimum atomic E-state index is -0.767. The second-order valence-electron chi connectivity index (χ2n) is 2.92. The highest BCUT2D eigenvalue weighted by atomic mass is 35.5. The molecular weight excluding hydrogens is 154 g/mol. The van der Waals surface area contributed by atoms with E-state index in [1.54, 1.807) is 0 Å². The summed E-state index contributed by atoms with van der Waals surface area (Å²) >= 11 is 5.56. The lowest BCUT2D eigenvalue weighted by molar-refractivity contribution is -0.878. The summed E-state index contributed by atoms with van der Waals surface area (Å²) in [5, 5.41) is 8.32. The number of rotatable bonds is 4. The van der Waals surface area contributed by atoms with Crippen LogP contribution in [0.15, 0.2) is 0 Å². The van der Waals surface area contributed by atoms with Crippen LogP contribution in [-0.2, 0) is 4.79 Å². The van der Waals surface area contributed by atoms with Crippen LogP contribution in [0.1, 0.15) is 6.42 Å². The molecule has 0 bridgehead atoms. The summed E-state index contributed by atoms with van der Waals surface area (Å²) in [7, 11) is 3.80. The Labute approximate surface area is 65.8 Å². The summed E-state index contributed by atoms with van der Waals surface area (Å²) < 4.78 is 0.549. The van der Waals surface area contributed by atoms with Gasteiger partial charge >= 0.3 is 5.97 Å². The first kappa shape index (κ1) is 9.72. The number of carboxylic acids is 1. The summed E-state index contributed by atoms with van der Waals surface area (Å²) in [4.78, 5) is 10.1. The van der Waals surface area contributed by atoms with Gasteiger partial charge in [-0.15, -0.1) is 0 Å². The molecule has 3 nitrogen and oxygen atoms in total. The molecule has 0 heterocycles. The summed E-state index contributed by atoms with van der Waals surface area (Å²) in [5.74, 6) is -0.767. The minimum absolute atomic E-state index is 0.180. The van der Waals surface area contributed by atoms with Gasteiger partial charge in [0, 0.05) is 0 Å². The van der Waals surface area contributed by atoms with Gasteiger partial charge in [0.2, 0.25) is 0 Å². The van der Waals surface area contributed by atoms with Gasteiger partial charge in [-0.3, -0.25) is 4.79 Å². The Morgan fingerprint density at radius 1 is 1.60 bits per heavy atom. The number of hydrogen-bond donors (Lipinski definition) is 1. The molecule has 0 aliphatic carbocycles. The second-order valence-corrected chi connectivity index (χ2v) is 3.16. The summed E-state index contributed by atoms with van der Waals surface area (Å²) in [5.41, 5.74) is 0. The van der Waals surface area contributed by atoms with Gasteiger partial charge in [0.1, 0.15) is 0 Å². The Balaban J connectivity index is 3.56. The van der Waals surface area contributed by atoms with Crippen LogP contribution in [0.5, 0.6) is 0 Å². The molecule has 0 spiro atoms. The van der Waals surface area contributed by atoms with Crippen molar-refractivity contribution in [2.45, 2.75) is 6.42 Å². The van der Waals surface area contributed by atoms with Crippen molar-refractivity contribution >= 4 is 17.6 Å². The summed E-state index contributed by atoms with van der Waals surface area (Å²) in [6.45, 7) is 0.582. The zero-order chi connectivity index (χ0) is 8.20. The number of quaternary nitrogens is 1. The number of nitrogens with zero attached hydrogens (tertiary/aromatic N) is 1. The van der Waals surface area contributed by atoms with Crippen LogP contribution >= 0.6 is 11.6 Å².